The van der Waals surface area contributed by atoms with E-state index in [1.807, 2.05) is 51.1 Å². The van der Waals surface area contributed by atoms with Crippen molar-refractivity contribution in [3.63, 3.8) is 0 Å². The first-order chi connectivity index (χ1) is 11.5. The average Bonchev–Trinajstić information content (AvgIpc) is 2.74. The molecule has 1 aromatic rings. The lowest BCUT2D eigenvalue weighted by Crippen LogP contribution is -2.45. The van der Waals surface area contributed by atoms with Crippen molar-refractivity contribution in [3.8, 4) is 0 Å². The number of hydrogen-bond acceptors (Lipinski definition) is 5. The number of rotatable bonds is 6. The SMILES string of the molecule is CCC[C@H](O)C(C)[C@@H](O)[C@@H]1OC(c2ccccc2)OC[C@@H](O)C1C. The van der Waals surface area contributed by atoms with E-state index in [4.69, 9.17) is 9.47 Å². The quantitative estimate of drug-likeness (QED) is 0.741. The summed E-state index contributed by atoms with van der Waals surface area (Å²) in [7, 11) is 0. The Bertz CT molecular complexity index is 480. The van der Waals surface area contributed by atoms with Crippen LogP contribution in [0.5, 0.6) is 0 Å². The van der Waals surface area contributed by atoms with E-state index in [1.165, 1.54) is 0 Å². The predicted octanol–water partition coefficient (Wildman–Crippen LogP) is 2.26. The molecule has 0 aliphatic carbocycles. The van der Waals surface area contributed by atoms with Crippen molar-refractivity contribution in [1.82, 2.24) is 0 Å². The molecule has 0 radical (unpaired) electrons. The molecule has 24 heavy (non-hydrogen) atoms. The van der Waals surface area contributed by atoms with E-state index in [0.29, 0.717) is 6.42 Å². The first-order valence-electron chi connectivity index (χ1n) is 8.81. The van der Waals surface area contributed by atoms with Gasteiger partial charge in [-0.25, -0.2) is 0 Å². The van der Waals surface area contributed by atoms with Crippen LogP contribution in [0.25, 0.3) is 0 Å². The molecule has 0 amide bonds. The zero-order chi connectivity index (χ0) is 17.7. The van der Waals surface area contributed by atoms with E-state index < -0.39 is 30.7 Å². The summed E-state index contributed by atoms with van der Waals surface area (Å²) in [6, 6.07) is 9.49. The molecule has 3 unspecified atom stereocenters. The molecular formula is C19H30O5. The minimum absolute atomic E-state index is 0.149. The highest BCUT2D eigenvalue weighted by Gasteiger charge is 2.40. The Labute approximate surface area is 144 Å². The summed E-state index contributed by atoms with van der Waals surface area (Å²) in [5.74, 6) is -0.649. The van der Waals surface area contributed by atoms with Crippen molar-refractivity contribution in [3.05, 3.63) is 35.9 Å². The van der Waals surface area contributed by atoms with Crippen LogP contribution in [0.2, 0.25) is 0 Å². The van der Waals surface area contributed by atoms with Gasteiger partial charge in [-0.05, 0) is 6.42 Å². The third-order valence-corrected chi connectivity index (χ3v) is 4.96. The monoisotopic (exact) mass is 338 g/mol. The molecule has 1 heterocycles. The zero-order valence-corrected chi connectivity index (χ0v) is 14.7. The van der Waals surface area contributed by atoms with Crippen molar-refractivity contribution >= 4 is 0 Å². The van der Waals surface area contributed by atoms with Gasteiger partial charge in [0.05, 0.1) is 31.0 Å². The molecule has 5 nitrogen and oxygen atoms in total. The van der Waals surface area contributed by atoms with E-state index in [-0.39, 0.29) is 18.4 Å². The van der Waals surface area contributed by atoms with Gasteiger partial charge < -0.3 is 24.8 Å². The van der Waals surface area contributed by atoms with Gasteiger partial charge in [0, 0.05) is 17.4 Å². The first kappa shape index (κ1) is 19.3. The number of benzene rings is 1. The summed E-state index contributed by atoms with van der Waals surface area (Å²) < 4.78 is 11.7. The van der Waals surface area contributed by atoms with Gasteiger partial charge in [0.2, 0.25) is 0 Å². The maximum Gasteiger partial charge on any atom is 0.184 e. The zero-order valence-electron chi connectivity index (χ0n) is 14.7. The molecule has 0 spiro atoms. The second-order valence-electron chi connectivity index (χ2n) is 6.81. The molecule has 3 N–H and O–H groups in total. The summed E-state index contributed by atoms with van der Waals surface area (Å²) in [6.45, 7) is 5.80. The molecule has 1 aromatic carbocycles. The van der Waals surface area contributed by atoms with E-state index in [0.717, 1.165) is 12.0 Å². The smallest absolute Gasteiger partial charge is 0.184 e. The lowest BCUT2D eigenvalue weighted by molar-refractivity contribution is -0.197. The third kappa shape index (κ3) is 4.55. The fourth-order valence-corrected chi connectivity index (χ4v) is 3.12. The maximum atomic E-state index is 10.8. The summed E-state index contributed by atoms with van der Waals surface area (Å²) in [5.41, 5.74) is 0.845. The van der Waals surface area contributed by atoms with Gasteiger partial charge in [0.15, 0.2) is 6.29 Å². The minimum Gasteiger partial charge on any atom is -0.393 e. The van der Waals surface area contributed by atoms with Crippen LogP contribution < -0.4 is 0 Å². The molecule has 1 saturated heterocycles. The molecule has 1 aliphatic heterocycles. The second-order valence-corrected chi connectivity index (χ2v) is 6.81. The number of hydrogen-bond donors (Lipinski definition) is 3. The molecule has 2 rings (SSSR count). The summed E-state index contributed by atoms with van der Waals surface area (Å²) >= 11 is 0. The van der Waals surface area contributed by atoms with Crippen LogP contribution in [0, 0.1) is 11.8 Å². The number of ether oxygens (including phenoxy) is 2. The highest BCUT2D eigenvalue weighted by Crippen LogP contribution is 2.33. The molecule has 1 fully saturated rings. The highest BCUT2D eigenvalue weighted by atomic mass is 16.7. The van der Waals surface area contributed by atoms with Crippen molar-refractivity contribution in [2.75, 3.05) is 6.61 Å². The lowest BCUT2D eigenvalue weighted by Gasteiger charge is -2.34. The van der Waals surface area contributed by atoms with Crippen LogP contribution in [0.1, 0.15) is 45.5 Å². The Balaban J connectivity index is 2.17. The first-order valence-corrected chi connectivity index (χ1v) is 8.81. The van der Waals surface area contributed by atoms with Crippen molar-refractivity contribution in [2.24, 2.45) is 11.8 Å². The Morgan fingerprint density at radius 2 is 1.88 bits per heavy atom. The fraction of sp³-hybridized carbons (Fsp3) is 0.684. The van der Waals surface area contributed by atoms with Crippen molar-refractivity contribution < 1.29 is 24.8 Å². The molecular weight excluding hydrogens is 308 g/mol. The molecule has 136 valence electrons. The van der Waals surface area contributed by atoms with Gasteiger partial charge in [-0.1, -0.05) is 57.5 Å². The average molecular weight is 338 g/mol. The maximum absolute atomic E-state index is 10.8. The standard InChI is InChI=1S/C19H30O5/c1-4-8-15(20)12(2)17(22)18-13(3)16(21)11-23-19(24-18)14-9-6-5-7-10-14/h5-7,9-10,12-13,15-22H,4,8,11H2,1-3H3/t12?,13?,15-,16+,17+,18+,19?/m0/s1. The van der Waals surface area contributed by atoms with E-state index in [2.05, 4.69) is 0 Å². The Morgan fingerprint density at radius 3 is 2.50 bits per heavy atom. The van der Waals surface area contributed by atoms with E-state index in [9.17, 15) is 15.3 Å². The van der Waals surface area contributed by atoms with Gasteiger partial charge in [-0.3, -0.25) is 0 Å². The molecule has 1 aliphatic rings. The van der Waals surface area contributed by atoms with E-state index >= 15 is 0 Å². The number of aliphatic hydroxyl groups excluding tert-OH is 3. The molecule has 0 bridgehead atoms. The molecule has 7 atom stereocenters. The minimum atomic E-state index is -0.885. The normalized spacial score (nSPS) is 31.9. The lowest BCUT2D eigenvalue weighted by atomic mass is 9.85. The van der Waals surface area contributed by atoms with Crippen molar-refractivity contribution in [1.29, 1.82) is 0 Å². The van der Waals surface area contributed by atoms with E-state index in [1.54, 1.807) is 0 Å². The van der Waals surface area contributed by atoms with Crippen LogP contribution in [0.4, 0.5) is 0 Å². The topological polar surface area (TPSA) is 79.2 Å². The fourth-order valence-electron chi connectivity index (χ4n) is 3.12. The third-order valence-electron chi connectivity index (χ3n) is 4.96. The van der Waals surface area contributed by atoms with Gasteiger partial charge in [-0.15, -0.1) is 0 Å². The highest BCUT2D eigenvalue weighted by molar-refractivity contribution is 5.16. The number of aliphatic hydroxyl groups is 3. The predicted molar refractivity (Wildman–Crippen MR) is 91.3 cm³/mol. The summed E-state index contributed by atoms with van der Waals surface area (Å²) in [6.07, 6.45) is -2.00. The van der Waals surface area contributed by atoms with Gasteiger partial charge in [-0.2, -0.15) is 0 Å². The van der Waals surface area contributed by atoms with Gasteiger partial charge in [0.25, 0.3) is 0 Å². The van der Waals surface area contributed by atoms with Crippen LogP contribution in [-0.4, -0.2) is 46.3 Å². The molecule has 5 heteroatoms. The van der Waals surface area contributed by atoms with Crippen LogP contribution in [-0.2, 0) is 9.47 Å². The van der Waals surface area contributed by atoms with Crippen molar-refractivity contribution in [2.45, 2.75) is 64.3 Å². The van der Waals surface area contributed by atoms with Crippen LogP contribution in [0.3, 0.4) is 0 Å². The molecule has 0 aromatic heterocycles. The van der Waals surface area contributed by atoms with Gasteiger partial charge >= 0.3 is 0 Å². The van der Waals surface area contributed by atoms with Crippen LogP contribution >= 0.6 is 0 Å². The Hall–Kier alpha value is -0.980. The summed E-state index contributed by atoms with van der Waals surface area (Å²) in [4.78, 5) is 0. The second kappa shape index (κ2) is 8.92. The van der Waals surface area contributed by atoms with Crippen LogP contribution in [0.15, 0.2) is 30.3 Å². The largest absolute Gasteiger partial charge is 0.393 e. The molecule has 0 saturated carbocycles. The summed E-state index contributed by atoms with van der Waals surface area (Å²) in [5, 5.41) is 31.3. The Morgan fingerprint density at radius 1 is 1.21 bits per heavy atom. The van der Waals surface area contributed by atoms with Gasteiger partial charge in [0.1, 0.15) is 0 Å². The Kier molecular flexibility index (Phi) is 7.19.